The maximum Gasteiger partial charge on any atom is 0.265 e. The van der Waals surface area contributed by atoms with E-state index in [0.717, 1.165) is 24.5 Å². The van der Waals surface area contributed by atoms with E-state index in [4.69, 9.17) is 5.11 Å². The summed E-state index contributed by atoms with van der Waals surface area (Å²) in [6.07, 6.45) is 3.58. The van der Waals surface area contributed by atoms with Crippen LogP contribution in [0.5, 0.6) is 0 Å². The zero-order valence-corrected chi connectivity index (χ0v) is 10.7. The fourth-order valence-corrected chi connectivity index (χ4v) is 2.78. The normalized spacial score (nSPS) is 20.4. The van der Waals surface area contributed by atoms with Crippen molar-refractivity contribution in [2.45, 2.75) is 12.8 Å². The van der Waals surface area contributed by atoms with Crippen molar-refractivity contribution in [1.29, 1.82) is 0 Å². The second-order valence-electron chi connectivity index (χ2n) is 4.22. The molecule has 0 radical (unpaired) electrons. The third-order valence-corrected chi connectivity index (χ3v) is 4.00. The molecule has 5 nitrogen and oxygen atoms in total. The Hall–Kier alpha value is -1.14. The monoisotopic (exact) mass is 255 g/mol. The highest BCUT2D eigenvalue weighted by atomic mass is 32.1. The van der Waals surface area contributed by atoms with Crippen molar-refractivity contribution in [3.05, 3.63) is 11.1 Å². The number of rotatable bonds is 3. The first-order valence-electron chi connectivity index (χ1n) is 5.78. The van der Waals surface area contributed by atoms with E-state index in [1.807, 2.05) is 4.90 Å². The molecule has 1 unspecified atom stereocenters. The summed E-state index contributed by atoms with van der Waals surface area (Å²) in [6.45, 7) is 1.60. The molecule has 2 rings (SSSR count). The Labute approximate surface area is 104 Å². The van der Waals surface area contributed by atoms with Gasteiger partial charge in [0.2, 0.25) is 0 Å². The Morgan fingerprint density at radius 3 is 3.24 bits per heavy atom. The van der Waals surface area contributed by atoms with Crippen LogP contribution in [-0.4, -0.2) is 47.6 Å². The van der Waals surface area contributed by atoms with Gasteiger partial charge in [-0.1, -0.05) is 11.3 Å². The number of piperidine rings is 1. The molecule has 0 aliphatic carbocycles. The predicted octanol–water partition coefficient (Wildman–Crippen LogP) is 1.03. The van der Waals surface area contributed by atoms with Gasteiger partial charge in [0.05, 0.1) is 6.20 Å². The third kappa shape index (κ3) is 2.76. The van der Waals surface area contributed by atoms with Crippen molar-refractivity contribution in [1.82, 2.24) is 9.88 Å². The number of thiazole rings is 1. The molecule has 0 bridgehead atoms. The minimum absolute atomic E-state index is 0.0298. The number of nitrogens with zero attached hydrogens (tertiary/aromatic N) is 2. The lowest BCUT2D eigenvalue weighted by Crippen LogP contribution is -2.40. The molecule has 2 N–H and O–H groups in total. The molecule has 1 amide bonds. The molecule has 1 saturated heterocycles. The fraction of sp³-hybridized carbons (Fsp3) is 0.636. The van der Waals surface area contributed by atoms with Gasteiger partial charge in [-0.2, -0.15) is 0 Å². The summed E-state index contributed by atoms with van der Waals surface area (Å²) in [7, 11) is 1.79. The Kier molecular flexibility index (Phi) is 3.96. The van der Waals surface area contributed by atoms with Gasteiger partial charge < -0.3 is 15.3 Å². The minimum Gasteiger partial charge on any atom is -0.396 e. The van der Waals surface area contributed by atoms with Crippen LogP contribution < -0.4 is 5.32 Å². The van der Waals surface area contributed by atoms with Crippen molar-refractivity contribution in [3.63, 3.8) is 0 Å². The van der Waals surface area contributed by atoms with E-state index in [1.54, 1.807) is 13.2 Å². The fourth-order valence-electron chi connectivity index (χ4n) is 2.04. The summed E-state index contributed by atoms with van der Waals surface area (Å²) in [5.74, 6) is 0.256. The number of carbonyl (C=O) groups excluding carboxylic acids is 1. The molecular formula is C11H17N3O2S. The standard InChI is InChI=1S/C11H17N3O2S/c1-12-11-13-5-9(17-11)10(16)14-4-2-3-8(6-14)7-15/h5,8,15H,2-4,6-7H2,1H3,(H,12,13). The lowest BCUT2D eigenvalue weighted by atomic mass is 9.99. The highest BCUT2D eigenvalue weighted by Gasteiger charge is 2.25. The third-order valence-electron chi connectivity index (χ3n) is 2.99. The summed E-state index contributed by atoms with van der Waals surface area (Å²) in [5.41, 5.74) is 0. The SMILES string of the molecule is CNc1ncc(C(=O)N2CCCC(CO)C2)s1. The largest absolute Gasteiger partial charge is 0.396 e. The van der Waals surface area contributed by atoms with Crippen LogP contribution >= 0.6 is 11.3 Å². The molecule has 94 valence electrons. The van der Waals surface area contributed by atoms with Crippen molar-refractivity contribution >= 4 is 22.4 Å². The molecule has 1 aromatic heterocycles. The number of hydrogen-bond donors (Lipinski definition) is 2. The van der Waals surface area contributed by atoms with Crippen molar-refractivity contribution in [2.75, 3.05) is 32.1 Å². The first kappa shape index (κ1) is 12.3. The highest BCUT2D eigenvalue weighted by molar-refractivity contribution is 7.17. The summed E-state index contributed by atoms with van der Waals surface area (Å²) < 4.78 is 0. The molecule has 2 heterocycles. The zero-order chi connectivity index (χ0) is 12.3. The van der Waals surface area contributed by atoms with Crippen molar-refractivity contribution in [2.24, 2.45) is 5.92 Å². The van der Waals surface area contributed by atoms with E-state index in [2.05, 4.69) is 10.3 Å². The topological polar surface area (TPSA) is 65.5 Å². The van der Waals surface area contributed by atoms with E-state index in [-0.39, 0.29) is 18.4 Å². The molecule has 0 spiro atoms. The molecule has 0 aromatic carbocycles. The molecule has 0 saturated carbocycles. The number of hydrogen-bond acceptors (Lipinski definition) is 5. The van der Waals surface area contributed by atoms with Gasteiger partial charge >= 0.3 is 0 Å². The summed E-state index contributed by atoms with van der Waals surface area (Å²) in [5, 5.41) is 12.8. The second-order valence-corrected chi connectivity index (χ2v) is 5.25. The first-order chi connectivity index (χ1) is 8.24. The number of likely N-dealkylation sites (tertiary alicyclic amines) is 1. The van der Waals surface area contributed by atoms with E-state index in [0.29, 0.717) is 11.4 Å². The summed E-state index contributed by atoms with van der Waals surface area (Å²) >= 11 is 1.37. The second kappa shape index (κ2) is 5.46. The number of aliphatic hydroxyl groups excluding tert-OH is 1. The summed E-state index contributed by atoms with van der Waals surface area (Å²) in [4.78, 5) is 18.8. The van der Waals surface area contributed by atoms with Gasteiger partial charge in [-0.25, -0.2) is 4.98 Å². The molecule has 1 aliphatic heterocycles. The number of aromatic nitrogens is 1. The van der Waals surface area contributed by atoms with Gasteiger partial charge in [0, 0.05) is 26.7 Å². The van der Waals surface area contributed by atoms with E-state index in [9.17, 15) is 4.79 Å². The molecular weight excluding hydrogens is 238 g/mol. The van der Waals surface area contributed by atoms with Crippen LogP contribution in [-0.2, 0) is 0 Å². The number of anilines is 1. The average molecular weight is 255 g/mol. The van der Waals surface area contributed by atoms with Gasteiger partial charge in [0.15, 0.2) is 5.13 Å². The molecule has 6 heteroatoms. The lowest BCUT2D eigenvalue weighted by molar-refractivity contribution is 0.0625. The van der Waals surface area contributed by atoms with Crippen LogP contribution in [0.25, 0.3) is 0 Å². The Morgan fingerprint density at radius 1 is 1.76 bits per heavy atom. The van der Waals surface area contributed by atoms with Crippen LogP contribution in [0.4, 0.5) is 5.13 Å². The molecule has 17 heavy (non-hydrogen) atoms. The van der Waals surface area contributed by atoms with Crippen LogP contribution in [0.15, 0.2) is 6.20 Å². The number of aliphatic hydroxyl groups is 1. The molecule has 1 aliphatic rings. The Morgan fingerprint density at radius 2 is 2.59 bits per heavy atom. The highest BCUT2D eigenvalue weighted by Crippen LogP contribution is 2.22. The lowest BCUT2D eigenvalue weighted by Gasteiger charge is -2.31. The van der Waals surface area contributed by atoms with E-state index < -0.39 is 0 Å². The maximum absolute atomic E-state index is 12.2. The van der Waals surface area contributed by atoms with Crippen LogP contribution in [0.1, 0.15) is 22.5 Å². The van der Waals surface area contributed by atoms with Gasteiger partial charge in [-0.15, -0.1) is 0 Å². The summed E-state index contributed by atoms with van der Waals surface area (Å²) in [6, 6.07) is 0. The molecule has 1 atom stereocenters. The maximum atomic E-state index is 12.2. The van der Waals surface area contributed by atoms with Gasteiger partial charge in [-0.05, 0) is 18.8 Å². The van der Waals surface area contributed by atoms with Crippen LogP contribution in [0.3, 0.4) is 0 Å². The minimum atomic E-state index is 0.0298. The quantitative estimate of drug-likeness (QED) is 0.846. The van der Waals surface area contributed by atoms with Gasteiger partial charge in [-0.3, -0.25) is 4.79 Å². The molecule has 1 aromatic rings. The van der Waals surface area contributed by atoms with Gasteiger partial charge in [0.25, 0.3) is 5.91 Å². The number of amides is 1. The van der Waals surface area contributed by atoms with Crippen molar-refractivity contribution in [3.8, 4) is 0 Å². The number of carbonyl (C=O) groups is 1. The van der Waals surface area contributed by atoms with Crippen molar-refractivity contribution < 1.29 is 9.90 Å². The first-order valence-corrected chi connectivity index (χ1v) is 6.60. The Balaban J connectivity index is 2.03. The van der Waals surface area contributed by atoms with Gasteiger partial charge in [0.1, 0.15) is 4.88 Å². The number of nitrogens with one attached hydrogen (secondary N) is 1. The van der Waals surface area contributed by atoms with E-state index in [1.165, 1.54) is 11.3 Å². The molecule has 1 fully saturated rings. The predicted molar refractivity (Wildman–Crippen MR) is 67.4 cm³/mol. The zero-order valence-electron chi connectivity index (χ0n) is 9.85. The van der Waals surface area contributed by atoms with Crippen LogP contribution in [0.2, 0.25) is 0 Å². The van der Waals surface area contributed by atoms with E-state index >= 15 is 0 Å². The Bertz CT molecular complexity index is 394. The van der Waals surface area contributed by atoms with Crippen LogP contribution in [0, 0.1) is 5.92 Å². The average Bonchev–Trinajstić information content (AvgIpc) is 2.86. The smallest absolute Gasteiger partial charge is 0.265 e.